The Morgan fingerprint density at radius 2 is 2.00 bits per heavy atom. The van der Waals surface area contributed by atoms with Crippen molar-refractivity contribution in [2.75, 3.05) is 0 Å². The van der Waals surface area contributed by atoms with Crippen molar-refractivity contribution in [3.63, 3.8) is 0 Å². The standard InChI is InChI=1S/C15H16N4O/c1-10-14(11(2)19(3)18-10)15(20)17-13(9-16)12-7-5-4-6-8-12/h4-8,13H,1-3H3,(H,17,20). The van der Waals surface area contributed by atoms with E-state index in [1.807, 2.05) is 37.3 Å². The van der Waals surface area contributed by atoms with Crippen molar-refractivity contribution >= 4 is 5.91 Å². The van der Waals surface area contributed by atoms with Gasteiger partial charge in [-0.15, -0.1) is 0 Å². The van der Waals surface area contributed by atoms with E-state index in [-0.39, 0.29) is 5.91 Å². The fourth-order valence-electron chi connectivity index (χ4n) is 2.14. The quantitative estimate of drug-likeness (QED) is 0.925. The number of aromatic nitrogens is 2. The van der Waals surface area contributed by atoms with Gasteiger partial charge in [0.05, 0.1) is 17.3 Å². The van der Waals surface area contributed by atoms with Gasteiger partial charge < -0.3 is 5.32 Å². The molecule has 0 bridgehead atoms. The van der Waals surface area contributed by atoms with E-state index in [4.69, 9.17) is 0 Å². The van der Waals surface area contributed by atoms with E-state index in [2.05, 4.69) is 16.5 Å². The maximum atomic E-state index is 12.3. The van der Waals surface area contributed by atoms with E-state index in [0.717, 1.165) is 11.3 Å². The minimum atomic E-state index is -0.664. The number of nitrogens with one attached hydrogen (secondary N) is 1. The molecule has 1 unspecified atom stereocenters. The van der Waals surface area contributed by atoms with Gasteiger partial charge in [-0.1, -0.05) is 30.3 Å². The molecule has 1 atom stereocenters. The van der Waals surface area contributed by atoms with Crippen molar-refractivity contribution in [2.45, 2.75) is 19.9 Å². The predicted molar refractivity (Wildman–Crippen MR) is 74.9 cm³/mol. The third-order valence-electron chi connectivity index (χ3n) is 3.27. The Balaban J connectivity index is 2.25. The number of hydrogen-bond acceptors (Lipinski definition) is 3. The molecule has 0 aliphatic carbocycles. The van der Waals surface area contributed by atoms with Gasteiger partial charge in [-0.2, -0.15) is 10.4 Å². The third-order valence-corrected chi connectivity index (χ3v) is 3.27. The van der Waals surface area contributed by atoms with Gasteiger partial charge in [0.1, 0.15) is 6.04 Å². The average molecular weight is 268 g/mol. The van der Waals surface area contributed by atoms with Crippen LogP contribution in [0.5, 0.6) is 0 Å². The maximum Gasteiger partial charge on any atom is 0.256 e. The van der Waals surface area contributed by atoms with Crippen LogP contribution >= 0.6 is 0 Å². The molecule has 5 heteroatoms. The zero-order valence-corrected chi connectivity index (χ0v) is 11.7. The molecule has 0 radical (unpaired) electrons. The lowest BCUT2D eigenvalue weighted by atomic mass is 10.1. The van der Waals surface area contributed by atoms with Crippen molar-refractivity contribution in [3.05, 3.63) is 52.8 Å². The van der Waals surface area contributed by atoms with Crippen LogP contribution in [0, 0.1) is 25.2 Å². The summed E-state index contributed by atoms with van der Waals surface area (Å²) in [5, 5.41) is 16.2. The van der Waals surface area contributed by atoms with Crippen LogP contribution in [-0.4, -0.2) is 15.7 Å². The molecule has 1 aromatic heterocycles. The van der Waals surface area contributed by atoms with Gasteiger partial charge in [0.15, 0.2) is 0 Å². The predicted octanol–water partition coefficient (Wildman–Crippen LogP) is 2.03. The van der Waals surface area contributed by atoms with Gasteiger partial charge in [0, 0.05) is 12.7 Å². The molecule has 0 saturated carbocycles. The minimum absolute atomic E-state index is 0.275. The highest BCUT2D eigenvalue weighted by molar-refractivity contribution is 5.96. The lowest BCUT2D eigenvalue weighted by molar-refractivity contribution is 0.0944. The highest BCUT2D eigenvalue weighted by atomic mass is 16.1. The molecule has 0 spiro atoms. The molecule has 1 amide bonds. The maximum absolute atomic E-state index is 12.3. The second-order valence-electron chi connectivity index (χ2n) is 4.62. The summed E-state index contributed by atoms with van der Waals surface area (Å²) in [6.45, 7) is 3.62. The Labute approximate surface area is 117 Å². The van der Waals surface area contributed by atoms with E-state index in [0.29, 0.717) is 11.3 Å². The number of carbonyl (C=O) groups is 1. The van der Waals surface area contributed by atoms with Crippen LogP contribution in [-0.2, 0) is 7.05 Å². The molecule has 20 heavy (non-hydrogen) atoms. The molecule has 5 nitrogen and oxygen atoms in total. The average Bonchev–Trinajstić information content (AvgIpc) is 2.70. The van der Waals surface area contributed by atoms with Gasteiger partial charge in [-0.25, -0.2) is 0 Å². The number of aryl methyl sites for hydroxylation is 2. The lowest BCUT2D eigenvalue weighted by Gasteiger charge is -2.12. The number of rotatable bonds is 3. The zero-order chi connectivity index (χ0) is 14.7. The Morgan fingerprint density at radius 3 is 2.50 bits per heavy atom. The summed E-state index contributed by atoms with van der Waals surface area (Å²) >= 11 is 0. The fraction of sp³-hybridized carbons (Fsp3) is 0.267. The number of carbonyl (C=O) groups excluding carboxylic acids is 1. The number of hydrogen-bond donors (Lipinski definition) is 1. The monoisotopic (exact) mass is 268 g/mol. The molecule has 2 aromatic rings. The molecule has 102 valence electrons. The molecule has 0 aliphatic rings. The smallest absolute Gasteiger partial charge is 0.256 e. The Morgan fingerprint density at radius 1 is 1.35 bits per heavy atom. The van der Waals surface area contributed by atoms with E-state index in [1.54, 1.807) is 18.7 Å². The molecular weight excluding hydrogens is 252 g/mol. The number of nitriles is 1. The van der Waals surface area contributed by atoms with Crippen molar-refractivity contribution in [3.8, 4) is 6.07 Å². The Bertz CT molecular complexity index is 667. The lowest BCUT2D eigenvalue weighted by Crippen LogP contribution is -2.28. The summed E-state index contributed by atoms with van der Waals surface area (Å²) in [6, 6.07) is 10.6. The second kappa shape index (κ2) is 5.57. The Hall–Kier alpha value is -2.61. The molecule has 0 aliphatic heterocycles. The summed E-state index contributed by atoms with van der Waals surface area (Å²) < 4.78 is 1.66. The van der Waals surface area contributed by atoms with Crippen LogP contribution in [0.25, 0.3) is 0 Å². The van der Waals surface area contributed by atoms with Gasteiger partial charge in [-0.05, 0) is 19.4 Å². The topological polar surface area (TPSA) is 70.7 Å². The highest BCUT2D eigenvalue weighted by Gasteiger charge is 2.20. The zero-order valence-electron chi connectivity index (χ0n) is 11.7. The van der Waals surface area contributed by atoms with Gasteiger partial charge in [0.25, 0.3) is 5.91 Å². The first-order valence-corrected chi connectivity index (χ1v) is 6.30. The molecule has 1 N–H and O–H groups in total. The highest BCUT2D eigenvalue weighted by Crippen LogP contribution is 2.16. The molecule has 1 aromatic carbocycles. The number of nitrogens with zero attached hydrogens (tertiary/aromatic N) is 3. The largest absolute Gasteiger partial charge is 0.332 e. The summed E-state index contributed by atoms with van der Waals surface area (Å²) in [5.74, 6) is -0.275. The van der Waals surface area contributed by atoms with Crippen molar-refractivity contribution < 1.29 is 4.79 Å². The van der Waals surface area contributed by atoms with E-state index < -0.39 is 6.04 Å². The first kappa shape index (κ1) is 13.8. The summed E-state index contributed by atoms with van der Waals surface area (Å²) in [4.78, 5) is 12.3. The van der Waals surface area contributed by atoms with Gasteiger partial charge >= 0.3 is 0 Å². The van der Waals surface area contributed by atoms with Gasteiger partial charge in [0.2, 0.25) is 0 Å². The molecule has 0 fully saturated rings. The van der Waals surface area contributed by atoms with E-state index in [1.165, 1.54) is 0 Å². The Kier molecular flexibility index (Phi) is 3.85. The first-order chi connectivity index (χ1) is 9.54. The van der Waals surface area contributed by atoms with Gasteiger partial charge in [-0.3, -0.25) is 9.48 Å². The second-order valence-corrected chi connectivity index (χ2v) is 4.62. The van der Waals surface area contributed by atoms with Crippen LogP contribution < -0.4 is 5.32 Å². The summed E-state index contributed by atoms with van der Waals surface area (Å²) in [6.07, 6.45) is 0. The SMILES string of the molecule is Cc1nn(C)c(C)c1C(=O)NC(C#N)c1ccccc1. The third kappa shape index (κ3) is 2.54. The van der Waals surface area contributed by atoms with Crippen LogP contribution in [0.1, 0.15) is 33.4 Å². The van der Waals surface area contributed by atoms with Crippen LogP contribution in [0.2, 0.25) is 0 Å². The molecule has 0 saturated heterocycles. The normalized spacial score (nSPS) is 11.7. The minimum Gasteiger partial charge on any atom is -0.332 e. The first-order valence-electron chi connectivity index (χ1n) is 6.30. The molecule has 2 rings (SSSR count). The molecular formula is C15H16N4O. The summed E-state index contributed by atoms with van der Waals surface area (Å²) in [5.41, 5.74) is 2.74. The number of amides is 1. The van der Waals surface area contributed by atoms with Crippen molar-refractivity contribution in [1.29, 1.82) is 5.26 Å². The van der Waals surface area contributed by atoms with Crippen LogP contribution in [0.15, 0.2) is 30.3 Å². The summed E-state index contributed by atoms with van der Waals surface area (Å²) in [7, 11) is 1.79. The van der Waals surface area contributed by atoms with E-state index >= 15 is 0 Å². The number of benzene rings is 1. The van der Waals surface area contributed by atoms with Crippen molar-refractivity contribution in [2.24, 2.45) is 7.05 Å². The molecule has 1 heterocycles. The van der Waals surface area contributed by atoms with Crippen molar-refractivity contribution in [1.82, 2.24) is 15.1 Å². The van der Waals surface area contributed by atoms with Crippen LogP contribution in [0.3, 0.4) is 0 Å². The fourth-order valence-corrected chi connectivity index (χ4v) is 2.14. The van der Waals surface area contributed by atoms with E-state index in [9.17, 15) is 10.1 Å². The van der Waals surface area contributed by atoms with Crippen LogP contribution in [0.4, 0.5) is 0 Å².